The van der Waals surface area contributed by atoms with Gasteiger partial charge in [-0.2, -0.15) is 5.10 Å². The molecule has 1 heterocycles. The first-order chi connectivity index (χ1) is 13.8. The molecule has 1 aromatic rings. The zero-order chi connectivity index (χ0) is 21.0. The zero-order valence-electron chi connectivity index (χ0n) is 17.1. The third-order valence-corrected chi connectivity index (χ3v) is 5.79. The Morgan fingerprint density at radius 1 is 1.28 bits per heavy atom. The molecule has 3 N–H and O–H groups in total. The van der Waals surface area contributed by atoms with Crippen LogP contribution in [0.4, 0.5) is 4.79 Å². The minimum atomic E-state index is -0.723. The molecule has 1 spiro atoms. The molecule has 0 unspecified atom stereocenters. The molecule has 1 fully saturated rings. The number of benzene rings is 1. The predicted octanol–water partition coefficient (Wildman–Crippen LogP) is 2.01. The van der Waals surface area contributed by atoms with Crippen molar-refractivity contribution in [2.45, 2.75) is 57.6 Å². The van der Waals surface area contributed by atoms with E-state index >= 15 is 0 Å². The summed E-state index contributed by atoms with van der Waals surface area (Å²) in [6.07, 6.45) is 3.29. The Morgan fingerprint density at radius 2 is 1.97 bits per heavy atom. The summed E-state index contributed by atoms with van der Waals surface area (Å²) >= 11 is 0. The smallest absolute Gasteiger partial charge is 0.428 e. The monoisotopic (exact) mass is 400 g/mol. The second-order valence-corrected chi connectivity index (χ2v) is 7.90. The van der Waals surface area contributed by atoms with Gasteiger partial charge in [0.05, 0.1) is 0 Å². The quantitative estimate of drug-likeness (QED) is 0.672. The molecule has 2 aliphatic rings. The molecular weight excluding hydrogens is 372 g/mol. The number of hydrogen-bond donors (Lipinski definition) is 3. The van der Waals surface area contributed by atoms with Gasteiger partial charge < -0.3 is 15.4 Å². The highest BCUT2D eigenvalue weighted by Gasteiger charge is 2.46. The highest BCUT2D eigenvalue weighted by molar-refractivity contribution is 6.35. The molecule has 156 valence electrons. The summed E-state index contributed by atoms with van der Waals surface area (Å²) in [5.74, 6) is -0.888. The van der Waals surface area contributed by atoms with Gasteiger partial charge in [-0.1, -0.05) is 24.3 Å². The maximum Gasteiger partial charge on any atom is 0.428 e. The lowest BCUT2D eigenvalue weighted by molar-refractivity contribution is -0.139. The average Bonchev–Trinajstić information content (AvgIpc) is 2.70. The van der Waals surface area contributed by atoms with E-state index in [-0.39, 0.29) is 6.04 Å². The number of carbonyl (C=O) groups excluding carboxylic acids is 3. The maximum atomic E-state index is 11.9. The van der Waals surface area contributed by atoms with E-state index in [2.05, 4.69) is 21.2 Å². The first-order valence-electron chi connectivity index (χ1n) is 10.0. The first kappa shape index (κ1) is 20.8. The molecule has 1 atom stereocenters. The van der Waals surface area contributed by atoms with Crippen molar-refractivity contribution in [1.82, 2.24) is 16.1 Å². The molecule has 8 heteroatoms. The van der Waals surface area contributed by atoms with Gasteiger partial charge in [0.1, 0.15) is 5.71 Å². The summed E-state index contributed by atoms with van der Waals surface area (Å²) in [5.41, 5.74) is 4.57. The number of nitrogens with zero attached hydrogens (tertiary/aromatic N) is 1. The molecule has 0 aromatic heterocycles. The van der Waals surface area contributed by atoms with Crippen molar-refractivity contribution in [3.63, 3.8) is 0 Å². The second-order valence-electron chi connectivity index (χ2n) is 7.90. The summed E-state index contributed by atoms with van der Waals surface area (Å²) in [5, 5.41) is 9.41. The minimum absolute atomic E-state index is 0.112. The predicted molar refractivity (Wildman–Crippen MR) is 108 cm³/mol. The normalized spacial score (nSPS) is 24.7. The van der Waals surface area contributed by atoms with E-state index in [1.165, 1.54) is 7.05 Å². The number of nitrogens with one attached hydrogen (secondary N) is 3. The van der Waals surface area contributed by atoms with Crippen molar-refractivity contribution in [2.24, 2.45) is 11.0 Å². The number of amides is 3. The Kier molecular flexibility index (Phi) is 6.20. The molecule has 3 rings (SSSR count). The number of hydrogen-bond acceptors (Lipinski definition) is 5. The van der Waals surface area contributed by atoms with Crippen LogP contribution in [-0.2, 0) is 14.3 Å². The lowest BCUT2D eigenvalue weighted by Crippen LogP contribution is -2.52. The van der Waals surface area contributed by atoms with Gasteiger partial charge in [0, 0.05) is 18.7 Å². The van der Waals surface area contributed by atoms with E-state index in [0.717, 1.165) is 36.1 Å². The Bertz CT molecular complexity index is 828. The molecule has 0 saturated heterocycles. The summed E-state index contributed by atoms with van der Waals surface area (Å²) in [7, 11) is 1.43. The third kappa shape index (κ3) is 4.58. The van der Waals surface area contributed by atoms with Crippen LogP contribution in [0.5, 0.6) is 0 Å². The van der Waals surface area contributed by atoms with Crippen molar-refractivity contribution in [3.8, 4) is 0 Å². The summed E-state index contributed by atoms with van der Waals surface area (Å²) in [4.78, 5) is 35.1. The van der Waals surface area contributed by atoms with Crippen LogP contribution in [-0.4, -0.2) is 42.3 Å². The molecular formula is C21H28N4O4. The van der Waals surface area contributed by atoms with Crippen LogP contribution in [0.1, 0.15) is 50.2 Å². The van der Waals surface area contributed by atoms with Crippen LogP contribution < -0.4 is 16.1 Å². The standard InChI is InChI=1S/C21H28N4O4/c1-13-6-4-5-7-16(13)17-21(29-20(28)25-24-17)10-8-15(9-11-21)12-14(2)23-19(27)18(26)22-3/h4-7,14-15H,8-12H2,1-3H3,(H,22,26)(H,23,27)(H,25,28)/t14-,15?,21?/m0/s1. The fourth-order valence-electron chi connectivity index (χ4n) is 4.28. The fourth-order valence-corrected chi connectivity index (χ4v) is 4.28. The van der Waals surface area contributed by atoms with E-state index in [9.17, 15) is 14.4 Å². The van der Waals surface area contributed by atoms with Crippen molar-refractivity contribution in [1.29, 1.82) is 0 Å². The van der Waals surface area contributed by atoms with Gasteiger partial charge in [0.2, 0.25) is 0 Å². The summed E-state index contributed by atoms with van der Waals surface area (Å²) < 4.78 is 5.80. The van der Waals surface area contributed by atoms with E-state index < -0.39 is 23.5 Å². The number of aryl methyl sites for hydroxylation is 1. The van der Waals surface area contributed by atoms with Gasteiger partial charge in [-0.3, -0.25) is 9.59 Å². The summed E-state index contributed by atoms with van der Waals surface area (Å²) in [6.45, 7) is 3.92. The Hall–Kier alpha value is -2.90. The second kappa shape index (κ2) is 8.63. The van der Waals surface area contributed by atoms with Gasteiger partial charge in [-0.05, 0) is 57.4 Å². The van der Waals surface area contributed by atoms with E-state index in [0.29, 0.717) is 18.8 Å². The third-order valence-electron chi connectivity index (χ3n) is 5.79. The minimum Gasteiger partial charge on any atom is -0.435 e. The molecule has 0 bridgehead atoms. The molecule has 3 amide bonds. The number of hydrazone groups is 1. The van der Waals surface area contributed by atoms with Gasteiger partial charge in [-0.25, -0.2) is 10.2 Å². The maximum absolute atomic E-state index is 11.9. The molecule has 1 aromatic carbocycles. The Morgan fingerprint density at radius 3 is 2.62 bits per heavy atom. The van der Waals surface area contributed by atoms with E-state index in [1.807, 2.05) is 38.1 Å². The highest BCUT2D eigenvalue weighted by Crippen LogP contribution is 2.40. The van der Waals surface area contributed by atoms with E-state index in [1.54, 1.807) is 0 Å². The Balaban J connectivity index is 1.67. The van der Waals surface area contributed by atoms with Crippen LogP contribution in [0, 0.1) is 12.8 Å². The molecule has 1 aliphatic carbocycles. The number of likely N-dealkylation sites (N-methyl/N-ethyl adjacent to an activating group) is 1. The molecule has 8 nitrogen and oxygen atoms in total. The fraction of sp³-hybridized carbons (Fsp3) is 0.524. The van der Waals surface area contributed by atoms with Crippen LogP contribution in [0.3, 0.4) is 0 Å². The van der Waals surface area contributed by atoms with Crippen molar-refractivity contribution in [2.75, 3.05) is 7.05 Å². The molecule has 1 aliphatic heterocycles. The van der Waals surface area contributed by atoms with Gasteiger partial charge in [-0.15, -0.1) is 0 Å². The van der Waals surface area contributed by atoms with Gasteiger partial charge in [0.15, 0.2) is 5.60 Å². The number of ether oxygens (including phenoxy) is 1. The van der Waals surface area contributed by atoms with Crippen molar-refractivity contribution in [3.05, 3.63) is 35.4 Å². The Labute approximate surface area is 170 Å². The SMILES string of the molecule is CNC(=O)C(=O)N[C@@H](C)CC1CCC2(CC1)OC(=O)NN=C2c1ccccc1C. The first-order valence-corrected chi connectivity index (χ1v) is 10.0. The lowest BCUT2D eigenvalue weighted by atomic mass is 9.72. The van der Waals surface area contributed by atoms with Gasteiger partial charge >= 0.3 is 17.9 Å². The van der Waals surface area contributed by atoms with Crippen LogP contribution in [0.25, 0.3) is 0 Å². The van der Waals surface area contributed by atoms with Crippen LogP contribution in [0.15, 0.2) is 29.4 Å². The van der Waals surface area contributed by atoms with Crippen molar-refractivity contribution < 1.29 is 19.1 Å². The number of rotatable bonds is 4. The topological polar surface area (TPSA) is 109 Å². The zero-order valence-corrected chi connectivity index (χ0v) is 17.1. The molecule has 29 heavy (non-hydrogen) atoms. The molecule has 0 radical (unpaired) electrons. The van der Waals surface area contributed by atoms with Gasteiger partial charge in [0.25, 0.3) is 0 Å². The van der Waals surface area contributed by atoms with Crippen LogP contribution >= 0.6 is 0 Å². The highest BCUT2D eigenvalue weighted by atomic mass is 16.6. The van der Waals surface area contributed by atoms with Crippen molar-refractivity contribution >= 4 is 23.6 Å². The average molecular weight is 400 g/mol. The lowest BCUT2D eigenvalue weighted by Gasteiger charge is -2.42. The largest absolute Gasteiger partial charge is 0.435 e. The van der Waals surface area contributed by atoms with E-state index in [4.69, 9.17) is 4.74 Å². The molecule has 1 saturated carbocycles. The number of carbonyl (C=O) groups is 3. The van der Waals surface area contributed by atoms with Crippen LogP contribution in [0.2, 0.25) is 0 Å². The summed E-state index contributed by atoms with van der Waals surface area (Å²) in [6, 6.07) is 7.83.